The fraction of sp³-hybridized carbons (Fsp3) is 0.133. The third-order valence-corrected chi connectivity index (χ3v) is 3.44. The van der Waals surface area contributed by atoms with Gasteiger partial charge in [0.25, 0.3) is 0 Å². The van der Waals surface area contributed by atoms with Crippen LogP contribution in [-0.2, 0) is 13.6 Å². The van der Waals surface area contributed by atoms with E-state index in [4.69, 9.17) is 11.6 Å². The first-order valence-electron chi connectivity index (χ1n) is 6.24. The highest BCUT2D eigenvalue weighted by molar-refractivity contribution is 6.30. The number of halogens is 2. The SMILES string of the molecule is Cn1nc(CNc2cc(Cl)ccc2F)c2ccccc21. The van der Waals surface area contributed by atoms with E-state index in [1.54, 1.807) is 6.07 Å². The van der Waals surface area contributed by atoms with Crippen LogP contribution < -0.4 is 5.32 Å². The van der Waals surface area contributed by atoms with Gasteiger partial charge in [-0.2, -0.15) is 5.10 Å². The van der Waals surface area contributed by atoms with Crippen LogP contribution >= 0.6 is 11.6 Å². The van der Waals surface area contributed by atoms with E-state index in [1.807, 2.05) is 36.0 Å². The Bertz CT molecular complexity index is 767. The van der Waals surface area contributed by atoms with Crippen LogP contribution in [0.25, 0.3) is 10.9 Å². The van der Waals surface area contributed by atoms with E-state index in [0.717, 1.165) is 16.6 Å². The Morgan fingerprint density at radius 3 is 2.90 bits per heavy atom. The van der Waals surface area contributed by atoms with Crippen LogP contribution in [0.15, 0.2) is 42.5 Å². The zero-order chi connectivity index (χ0) is 14.1. The molecule has 0 unspecified atom stereocenters. The minimum absolute atomic E-state index is 0.324. The van der Waals surface area contributed by atoms with Crippen molar-refractivity contribution in [3.63, 3.8) is 0 Å². The van der Waals surface area contributed by atoms with E-state index < -0.39 is 0 Å². The number of nitrogens with one attached hydrogen (secondary N) is 1. The van der Waals surface area contributed by atoms with Crippen molar-refractivity contribution in [1.82, 2.24) is 9.78 Å². The Kier molecular flexibility index (Phi) is 3.32. The van der Waals surface area contributed by atoms with E-state index in [2.05, 4.69) is 10.4 Å². The lowest BCUT2D eigenvalue weighted by Crippen LogP contribution is -2.03. The molecule has 0 amide bonds. The molecule has 102 valence electrons. The largest absolute Gasteiger partial charge is 0.377 e. The minimum Gasteiger partial charge on any atom is -0.377 e. The molecule has 20 heavy (non-hydrogen) atoms. The number of benzene rings is 2. The summed E-state index contributed by atoms with van der Waals surface area (Å²) in [4.78, 5) is 0. The van der Waals surface area contributed by atoms with Crippen LogP contribution in [0.1, 0.15) is 5.69 Å². The highest BCUT2D eigenvalue weighted by Crippen LogP contribution is 2.22. The van der Waals surface area contributed by atoms with Gasteiger partial charge in [-0.1, -0.05) is 29.8 Å². The van der Waals surface area contributed by atoms with Crippen molar-refractivity contribution in [2.24, 2.45) is 7.05 Å². The van der Waals surface area contributed by atoms with Crippen molar-refractivity contribution in [3.05, 3.63) is 59.0 Å². The average Bonchev–Trinajstić information content (AvgIpc) is 2.77. The number of aryl methyl sites for hydroxylation is 1. The molecule has 0 radical (unpaired) electrons. The van der Waals surface area contributed by atoms with Gasteiger partial charge < -0.3 is 5.32 Å². The smallest absolute Gasteiger partial charge is 0.146 e. The van der Waals surface area contributed by atoms with E-state index >= 15 is 0 Å². The maximum absolute atomic E-state index is 13.6. The fourth-order valence-electron chi connectivity index (χ4n) is 2.23. The second-order valence-corrected chi connectivity index (χ2v) is 5.00. The second kappa shape index (κ2) is 5.13. The number of fused-ring (bicyclic) bond motifs is 1. The molecule has 0 aliphatic carbocycles. The molecule has 0 saturated carbocycles. The first kappa shape index (κ1) is 12.9. The maximum atomic E-state index is 13.6. The molecule has 3 aromatic rings. The summed E-state index contributed by atoms with van der Waals surface area (Å²) in [5, 5.41) is 9.06. The molecule has 0 aliphatic rings. The van der Waals surface area contributed by atoms with Crippen molar-refractivity contribution in [3.8, 4) is 0 Å². The van der Waals surface area contributed by atoms with Crippen LogP contribution in [0, 0.1) is 5.82 Å². The summed E-state index contributed by atoms with van der Waals surface area (Å²) in [6, 6.07) is 12.4. The third kappa shape index (κ3) is 2.34. The van der Waals surface area contributed by atoms with Gasteiger partial charge in [0.15, 0.2) is 0 Å². The molecule has 3 rings (SSSR count). The molecule has 1 heterocycles. The Morgan fingerprint density at radius 1 is 1.25 bits per heavy atom. The van der Waals surface area contributed by atoms with Gasteiger partial charge in [-0.15, -0.1) is 0 Å². The van der Waals surface area contributed by atoms with Gasteiger partial charge in [0.1, 0.15) is 5.82 Å². The molecular weight excluding hydrogens is 277 g/mol. The van der Waals surface area contributed by atoms with Crippen LogP contribution in [0.3, 0.4) is 0 Å². The molecule has 0 spiro atoms. The monoisotopic (exact) mass is 289 g/mol. The molecule has 0 saturated heterocycles. The molecular formula is C15H13ClFN3. The maximum Gasteiger partial charge on any atom is 0.146 e. The average molecular weight is 290 g/mol. The molecule has 0 bridgehead atoms. The Morgan fingerprint density at radius 2 is 2.05 bits per heavy atom. The molecule has 0 atom stereocenters. The third-order valence-electron chi connectivity index (χ3n) is 3.21. The van der Waals surface area contributed by atoms with Gasteiger partial charge in [-0.25, -0.2) is 4.39 Å². The number of rotatable bonds is 3. The number of nitrogens with zero attached hydrogens (tertiary/aromatic N) is 2. The second-order valence-electron chi connectivity index (χ2n) is 4.57. The normalized spacial score (nSPS) is 10.9. The fourth-order valence-corrected chi connectivity index (χ4v) is 2.40. The number of aromatic nitrogens is 2. The molecule has 0 fully saturated rings. The van der Waals surface area contributed by atoms with Crippen LogP contribution in [0.5, 0.6) is 0 Å². The molecule has 2 aromatic carbocycles. The number of hydrogen-bond acceptors (Lipinski definition) is 2. The van der Waals surface area contributed by atoms with E-state index in [1.165, 1.54) is 12.1 Å². The molecule has 3 nitrogen and oxygen atoms in total. The van der Waals surface area contributed by atoms with Crippen LogP contribution in [0.4, 0.5) is 10.1 Å². The van der Waals surface area contributed by atoms with E-state index in [0.29, 0.717) is 17.3 Å². The van der Waals surface area contributed by atoms with Crippen molar-refractivity contribution >= 4 is 28.2 Å². The van der Waals surface area contributed by atoms with Crippen molar-refractivity contribution in [2.75, 3.05) is 5.32 Å². The number of para-hydroxylation sites is 1. The zero-order valence-corrected chi connectivity index (χ0v) is 11.7. The summed E-state index contributed by atoms with van der Waals surface area (Å²) in [6.45, 7) is 0.443. The molecule has 5 heteroatoms. The van der Waals surface area contributed by atoms with E-state index in [9.17, 15) is 4.39 Å². The van der Waals surface area contributed by atoms with Crippen molar-refractivity contribution in [2.45, 2.75) is 6.54 Å². The van der Waals surface area contributed by atoms with Gasteiger partial charge in [-0.3, -0.25) is 4.68 Å². The summed E-state index contributed by atoms with van der Waals surface area (Å²) in [6.07, 6.45) is 0. The topological polar surface area (TPSA) is 29.9 Å². The van der Waals surface area contributed by atoms with Gasteiger partial charge in [0, 0.05) is 17.5 Å². The lowest BCUT2D eigenvalue weighted by molar-refractivity contribution is 0.630. The Balaban J connectivity index is 1.89. The van der Waals surface area contributed by atoms with Crippen LogP contribution in [-0.4, -0.2) is 9.78 Å². The first-order chi connectivity index (χ1) is 9.65. The predicted octanol–water partition coefficient (Wildman–Crippen LogP) is 3.98. The summed E-state index contributed by atoms with van der Waals surface area (Å²) in [5.74, 6) is -0.324. The van der Waals surface area contributed by atoms with Gasteiger partial charge in [-0.05, 0) is 24.3 Å². The zero-order valence-electron chi connectivity index (χ0n) is 10.9. The quantitative estimate of drug-likeness (QED) is 0.790. The number of anilines is 1. The lowest BCUT2D eigenvalue weighted by atomic mass is 10.2. The standard InChI is InChI=1S/C15H13ClFN3/c1-20-15-5-3-2-4-11(15)14(19-20)9-18-13-8-10(16)6-7-12(13)17/h2-8,18H,9H2,1H3. The van der Waals surface area contributed by atoms with Gasteiger partial charge >= 0.3 is 0 Å². The van der Waals surface area contributed by atoms with Gasteiger partial charge in [0.2, 0.25) is 0 Å². The van der Waals surface area contributed by atoms with Crippen LogP contribution in [0.2, 0.25) is 5.02 Å². The Hall–Kier alpha value is -2.07. The number of hydrogen-bond donors (Lipinski definition) is 1. The summed E-state index contributed by atoms with van der Waals surface area (Å²) < 4.78 is 15.5. The highest BCUT2D eigenvalue weighted by Gasteiger charge is 2.09. The summed E-state index contributed by atoms with van der Waals surface area (Å²) >= 11 is 5.87. The lowest BCUT2D eigenvalue weighted by Gasteiger charge is -2.06. The predicted molar refractivity (Wildman–Crippen MR) is 79.5 cm³/mol. The molecule has 1 N–H and O–H groups in total. The Labute approximate surface area is 121 Å². The molecule has 1 aromatic heterocycles. The van der Waals surface area contributed by atoms with Gasteiger partial charge in [0.05, 0.1) is 23.4 Å². The first-order valence-corrected chi connectivity index (χ1v) is 6.62. The van der Waals surface area contributed by atoms with Crippen molar-refractivity contribution in [1.29, 1.82) is 0 Å². The summed E-state index contributed by atoms with van der Waals surface area (Å²) in [7, 11) is 1.89. The van der Waals surface area contributed by atoms with E-state index in [-0.39, 0.29) is 5.82 Å². The van der Waals surface area contributed by atoms with Crippen molar-refractivity contribution < 1.29 is 4.39 Å². The minimum atomic E-state index is -0.324. The summed E-state index contributed by atoms with van der Waals surface area (Å²) in [5.41, 5.74) is 2.31. The molecule has 0 aliphatic heterocycles. The highest BCUT2D eigenvalue weighted by atomic mass is 35.5.